The summed E-state index contributed by atoms with van der Waals surface area (Å²) < 4.78 is 5.29. The Balaban J connectivity index is 1.81. The Kier molecular flexibility index (Phi) is 6.05. The van der Waals surface area contributed by atoms with E-state index in [9.17, 15) is 9.59 Å². The van der Waals surface area contributed by atoms with Crippen molar-refractivity contribution in [3.05, 3.63) is 35.9 Å². The molecule has 1 aromatic carbocycles. The standard InChI is InChI=1S/C18H24ClNO3/c1-18(2,15-10-8-14(9-11-15)16(19)21)20-17(22)23-12-13-6-4-3-5-7-13/h3-7,14-15H,8-12H2,1-2H3,(H,20,22)/t14-,15-. The van der Waals surface area contributed by atoms with Crippen molar-refractivity contribution in [2.75, 3.05) is 0 Å². The first kappa shape index (κ1) is 17.8. The lowest BCUT2D eigenvalue weighted by molar-refractivity contribution is -0.116. The van der Waals surface area contributed by atoms with Crippen LogP contribution in [0.25, 0.3) is 0 Å². The molecular formula is C18H24ClNO3. The van der Waals surface area contributed by atoms with Gasteiger partial charge in [-0.25, -0.2) is 4.79 Å². The second-order valence-corrected chi connectivity index (χ2v) is 7.13. The van der Waals surface area contributed by atoms with Crippen molar-refractivity contribution < 1.29 is 14.3 Å². The molecule has 0 radical (unpaired) electrons. The van der Waals surface area contributed by atoms with Crippen LogP contribution in [0.1, 0.15) is 45.1 Å². The summed E-state index contributed by atoms with van der Waals surface area (Å²) in [6.45, 7) is 4.27. The summed E-state index contributed by atoms with van der Waals surface area (Å²) in [6, 6.07) is 9.59. The SMILES string of the molecule is CC(C)(NC(=O)OCc1ccccc1)[C@H]1CC[C@H](C(=O)Cl)CC1. The Labute approximate surface area is 142 Å². The van der Waals surface area contributed by atoms with E-state index in [-0.39, 0.29) is 23.3 Å². The highest BCUT2D eigenvalue weighted by atomic mass is 35.5. The van der Waals surface area contributed by atoms with E-state index in [4.69, 9.17) is 16.3 Å². The second-order valence-electron chi connectivity index (χ2n) is 6.76. The molecule has 0 bridgehead atoms. The number of hydrogen-bond donors (Lipinski definition) is 1. The Morgan fingerprint density at radius 3 is 2.35 bits per heavy atom. The van der Waals surface area contributed by atoms with Gasteiger partial charge in [0.25, 0.3) is 0 Å². The first-order valence-electron chi connectivity index (χ1n) is 8.06. The molecule has 0 aromatic heterocycles. The number of alkyl carbamates (subject to hydrolysis) is 1. The van der Waals surface area contributed by atoms with Gasteiger partial charge in [-0.2, -0.15) is 0 Å². The maximum Gasteiger partial charge on any atom is 0.407 e. The molecular weight excluding hydrogens is 314 g/mol. The molecule has 4 nitrogen and oxygen atoms in total. The van der Waals surface area contributed by atoms with Crippen LogP contribution < -0.4 is 5.32 Å². The summed E-state index contributed by atoms with van der Waals surface area (Å²) in [6.07, 6.45) is 2.94. The van der Waals surface area contributed by atoms with Crippen molar-refractivity contribution >= 4 is 22.9 Å². The Hall–Kier alpha value is -1.55. The molecule has 0 spiro atoms. The Bertz CT molecular complexity index is 536. The van der Waals surface area contributed by atoms with Gasteiger partial charge >= 0.3 is 6.09 Å². The lowest BCUT2D eigenvalue weighted by Gasteiger charge is -2.38. The molecule has 0 heterocycles. The third kappa shape index (κ3) is 5.24. The van der Waals surface area contributed by atoms with E-state index in [1.165, 1.54) is 0 Å². The predicted octanol–water partition coefficient (Wildman–Crippen LogP) is 4.26. The number of ether oxygens (including phenoxy) is 1. The fourth-order valence-corrected chi connectivity index (χ4v) is 3.38. The monoisotopic (exact) mass is 337 g/mol. The van der Waals surface area contributed by atoms with Crippen molar-refractivity contribution in [3.63, 3.8) is 0 Å². The molecule has 1 amide bonds. The van der Waals surface area contributed by atoms with E-state index in [1.54, 1.807) is 0 Å². The average molecular weight is 338 g/mol. The molecule has 126 valence electrons. The summed E-state index contributed by atoms with van der Waals surface area (Å²) in [5.41, 5.74) is 0.593. The van der Waals surface area contributed by atoms with Gasteiger partial charge in [-0.3, -0.25) is 4.79 Å². The van der Waals surface area contributed by atoms with Crippen LogP contribution in [-0.2, 0) is 16.1 Å². The number of amides is 1. The second kappa shape index (κ2) is 7.82. The summed E-state index contributed by atoms with van der Waals surface area (Å²) in [5.74, 6) is 0.285. The number of hydrogen-bond acceptors (Lipinski definition) is 3. The molecule has 1 N–H and O–H groups in total. The van der Waals surface area contributed by atoms with Gasteiger partial charge in [0.05, 0.1) is 0 Å². The minimum Gasteiger partial charge on any atom is -0.445 e. The van der Waals surface area contributed by atoms with E-state index in [0.717, 1.165) is 31.2 Å². The van der Waals surface area contributed by atoms with Gasteiger partial charge in [0.15, 0.2) is 0 Å². The highest BCUT2D eigenvalue weighted by Gasteiger charge is 2.36. The summed E-state index contributed by atoms with van der Waals surface area (Å²) in [4.78, 5) is 23.3. The van der Waals surface area contributed by atoms with Gasteiger partial charge in [0.1, 0.15) is 6.61 Å². The van der Waals surface area contributed by atoms with E-state index in [2.05, 4.69) is 5.32 Å². The van der Waals surface area contributed by atoms with Gasteiger partial charge in [0, 0.05) is 11.5 Å². The van der Waals surface area contributed by atoms with E-state index >= 15 is 0 Å². The molecule has 1 saturated carbocycles. The van der Waals surface area contributed by atoms with E-state index < -0.39 is 6.09 Å². The molecule has 0 unspecified atom stereocenters. The zero-order valence-electron chi connectivity index (χ0n) is 13.7. The first-order valence-corrected chi connectivity index (χ1v) is 8.44. The number of nitrogens with one attached hydrogen (secondary N) is 1. The molecule has 5 heteroatoms. The summed E-state index contributed by atoms with van der Waals surface area (Å²) >= 11 is 5.57. The Morgan fingerprint density at radius 2 is 1.78 bits per heavy atom. The van der Waals surface area contributed by atoms with Crippen molar-refractivity contribution in [2.24, 2.45) is 11.8 Å². The van der Waals surface area contributed by atoms with Crippen molar-refractivity contribution in [1.82, 2.24) is 5.32 Å². The van der Waals surface area contributed by atoms with Gasteiger partial charge in [-0.05, 0) is 62.6 Å². The minimum absolute atomic E-state index is 0.0336. The third-order valence-corrected chi connectivity index (χ3v) is 5.01. The highest BCUT2D eigenvalue weighted by Crippen LogP contribution is 2.36. The zero-order chi connectivity index (χ0) is 16.9. The van der Waals surface area contributed by atoms with Crippen molar-refractivity contribution in [2.45, 2.75) is 51.7 Å². The molecule has 1 aromatic rings. The van der Waals surface area contributed by atoms with Crippen LogP contribution >= 0.6 is 11.6 Å². The molecule has 1 fully saturated rings. The number of halogens is 1. The average Bonchev–Trinajstić information content (AvgIpc) is 2.53. The van der Waals surface area contributed by atoms with Crippen molar-refractivity contribution in [3.8, 4) is 0 Å². The van der Waals surface area contributed by atoms with Crippen LogP contribution in [-0.4, -0.2) is 16.9 Å². The van der Waals surface area contributed by atoms with Crippen molar-refractivity contribution in [1.29, 1.82) is 0 Å². The lowest BCUT2D eigenvalue weighted by atomic mass is 9.73. The number of carbonyl (C=O) groups excluding carboxylic acids is 2. The smallest absolute Gasteiger partial charge is 0.407 e. The quantitative estimate of drug-likeness (QED) is 0.816. The van der Waals surface area contributed by atoms with E-state index in [1.807, 2.05) is 44.2 Å². The Morgan fingerprint density at radius 1 is 1.17 bits per heavy atom. The molecule has 0 saturated heterocycles. The van der Waals surface area contributed by atoms with Crippen LogP contribution in [0.3, 0.4) is 0 Å². The lowest BCUT2D eigenvalue weighted by Crippen LogP contribution is -2.50. The maximum atomic E-state index is 12.0. The number of carbonyl (C=O) groups is 2. The van der Waals surface area contributed by atoms with Crippen LogP contribution in [0.2, 0.25) is 0 Å². The van der Waals surface area contributed by atoms with Gasteiger partial charge in [-0.1, -0.05) is 30.3 Å². The van der Waals surface area contributed by atoms with Crippen LogP contribution in [0.5, 0.6) is 0 Å². The van der Waals surface area contributed by atoms with Gasteiger partial charge < -0.3 is 10.1 Å². The first-order chi connectivity index (χ1) is 10.9. The summed E-state index contributed by atoms with van der Waals surface area (Å²) in [7, 11) is 0. The molecule has 23 heavy (non-hydrogen) atoms. The molecule has 1 aliphatic rings. The van der Waals surface area contributed by atoms with Crippen LogP contribution in [0.15, 0.2) is 30.3 Å². The largest absolute Gasteiger partial charge is 0.445 e. The zero-order valence-corrected chi connectivity index (χ0v) is 14.4. The van der Waals surface area contributed by atoms with Gasteiger partial charge in [0.2, 0.25) is 5.24 Å². The minimum atomic E-state index is -0.408. The molecule has 1 aliphatic carbocycles. The van der Waals surface area contributed by atoms with E-state index in [0.29, 0.717) is 5.92 Å². The number of rotatable bonds is 5. The number of benzene rings is 1. The topological polar surface area (TPSA) is 55.4 Å². The molecule has 0 aliphatic heterocycles. The van der Waals surface area contributed by atoms with Crippen LogP contribution in [0.4, 0.5) is 4.79 Å². The van der Waals surface area contributed by atoms with Crippen LogP contribution in [0, 0.1) is 11.8 Å². The normalized spacial score (nSPS) is 21.5. The van der Waals surface area contributed by atoms with Gasteiger partial charge in [-0.15, -0.1) is 0 Å². The fourth-order valence-electron chi connectivity index (χ4n) is 3.17. The predicted molar refractivity (Wildman–Crippen MR) is 90.1 cm³/mol. The fraction of sp³-hybridized carbons (Fsp3) is 0.556. The molecule has 2 rings (SSSR count). The summed E-state index contributed by atoms with van der Waals surface area (Å²) in [5, 5.41) is 2.72. The highest BCUT2D eigenvalue weighted by molar-refractivity contribution is 6.63. The third-order valence-electron chi connectivity index (χ3n) is 4.71. The molecule has 0 atom stereocenters. The maximum absolute atomic E-state index is 12.0.